The molecule has 2 spiro atoms. The minimum Gasteiger partial charge on any atom is -0.393 e. The normalized spacial score (nSPS) is 47.2. The van der Waals surface area contributed by atoms with E-state index in [1.807, 2.05) is 6.07 Å². The smallest absolute Gasteiger partial charge is 0.219 e. The van der Waals surface area contributed by atoms with Gasteiger partial charge in [-0.05, 0) is 116 Å². The zero-order valence-corrected chi connectivity index (χ0v) is 24.4. The van der Waals surface area contributed by atoms with Crippen molar-refractivity contribution < 1.29 is 19.0 Å². The number of halogens is 1. The number of benzene rings is 1. The second-order valence-electron chi connectivity index (χ2n) is 15.4. The van der Waals surface area contributed by atoms with Crippen LogP contribution in [0.3, 0.4) is 0 Å². The number of hydrogen-bond acceptors (Lipinski definition) is 3. The molecule has 214 valence electrons. The van der Waals surface area contributed by atoms with Gasteiger partial charge in [0.25, 0.3) is 0 Å². The molecule has 10 atom stereocenters. The van der Waals surface area contributed by atoms with Gasteiger partial charge >= 0.3 is 0 Å². The summed E-state index contributed by atoms with van der Waals surface area (Å²) >= 11 is 0. The van der Waals surface area contributed by atoms with Crippen molar-refractivity contribution in [1.29, 1.82) is 0 Å². The van der Waals surface area contributed by atoms with Crippen LogP contribution in [0, 0.1) is 51.1 Å². The maximum atomic E-state index is 14.3. The van der Waals surface area contributed by atoms with Crippen LogP contribution < -0.4 is 0 Å². The summed E-state index contributed by atoms with van der Waals surface area (Å²) in [4.78, 5) is 14.3. The number of nitrogens with zero attached hydrogens (tertiary/aromatic N) is 1. The van der Waals surface area contributed by atoms with Crippen molar-refractivity contribution in [1.82, 2.24) is 4.90 Å². The summed E-state index contributed by atoms with van der Waals surface area (Å²) in [5.41, 5.74) is 1.96. The molecular weight excluding hydrogens is 489 g/mol. The number of fused-ring (bicyclic) bond motifs is 4. The molecule has 1 aromatic carbocycles. The van der Waals surface area contributed by atoms with Gasteiger partial charge in [-0.3, -0.25) is 4.79 Å². The first-order valence-corrected chi connectivity index (χ1v) is 15.8. The van der Waals surface area contributed by atoms with Crippen LogP contribution >= 0.6 is 0 Å². The van der Waals surface area contributed by atoms with Crippen LogP contribution in [0.15, 0.2) is 24.3 Å². The standard InChI is InChI=1S/C34H48FNO3/c1-21(37)36(18-22-7-5-6-8-27(22)35)19-23-9-10-25-28(39-23)17-26-24-11-12-29-31(2,3)30(38)13-14-34(29)20-33(24,34)16-15-32(25,26)4/h5-8,23-26,28-30,38H,9-20H2,1-4H3/t23?,24?,25?,26?,28?,29?,30-,32?,33?,34?/m0/s1. The van der Waals surface area contributed by atoms with Gasteiger partial charge in [0.2, 0.25) is 5.91 Å². The Morgan fingerprint density at radius 1 is 1.00 bits per heavy atom. The van der Waals surface area contributed by atoms with E-state index in [-0.39, 0.29) is 35.5 Å². The number of aliphatic hydroxyl groups is 1. The van der Waals surface area contributed by atoms with Gasteiger partial charge in [0.1, 0.15) is 5.82 Å². The third-order valence-corrected chi connectivity index (χ3v) is 13.8. The van der Waals surface area contributed by atoms with Gasteiger partial charge in [-0.25, -0.2) is 4.39 Å². The van der Waals surface area contributed by atoms with Gasteiger partial charge in [-0.2, -0.15) is 0 Å². The van der Waals surface area contributed by atoms with Gasteiger partial charge in [-0.15, -0.1) is 0 Å². The number of carbonyl (C=O) groups excluding carboxylic acids is 1. The van der Waals surface area contributed by atoms with E-state index in [1.165, 1.54) is 57.4 Å². The predicted molar refractivity (Wildman–Crippen MR) is 149 cm³/mol. The van der Waals surface area contributed by atoms with Crippen molar-refractivity contribution in [3.63, 3.8) is 0 Å². The van der Waals surface area contributed by atoms with Crippen LogP contribution in [0.5, 0.6) is 0 Å². The largest absolute Gasteiger partial charge is 0.393 e. The first-order valence-electron chi connectivity index (χ1n) is 15.8. The van der Waals surface area contributed by atoms with E-state index in [0.717, 1.165) is 24.7 Å². The summed E-state index contributed by atoms with van der Waals surface area (Å²) in [6.45, 7) is 9.71. The van der Waals surface area contributed by atoms with Crippen LogP contribution in [0.4, 0.5) is 4.39 Å². The second kappa shape index (κ2) is 8.77. The number of amides is 1. The fourth-order valence-electron chi connectivity index (χ4n) is 11.8. The highest BCUT2D eigenvalue weighted by atomic mass is 19.1. The lowest BCUT2D eigenvalue weighted by Crippen LogP contribution is -2.54. The molecule has 4 nitrogen and oxygen atoms in total. The molecule has 5 saturated carbocycles. The van der Waals surface area contributed by atoms with Gasteiger partial charge in [-0.1, -0.05) is 39.0 Å². The second-order valence-corrected chi connectivity index (χ2v) is 15.4. The topological polar surface area (TPSA) is 49.8 Å². The lowest BCUT2D eigenvalue weighted by molar-refractivity contribution is -0.140. The Hall–Kier alpha value is -1.46. The van der Waals surface area contributed by atoms with Crippen LogP contribution in [0.2, 0.25) is 0 Å². The van der Waals surface area contributed by atoms with Crippen molar-refractivity contribution in [2.75, 3.05) is 6.54 Å². The Labute approximate surface area is 234 Å². The van der Waals surface area contributed by atoms with Crippen LogP contribution in [0.25, 0.3) is 0 Å². The van der Waals surface area contributed by atoms with Crippen molar-refractivity contribution in [2.24, 2.45) is 45.3 Å². The van der Waals surface area contributed by atoms with Crippen molar-refractivity contribution >= 4 is 5.91 Å². The highest BCUT2D eigenvalue weighted by Gasteiger charge is 2.80. The summed E-state index contributed by atoms with van der Waals surface area (Å²) in [6, 6.07) is 6.77. The average Bonchev–Trinajstić information content (AvgIpc) is 3.47. The SMILES string of the molecule is CC(=O)N(Cc1ccccc1F)CC1CCC2C(CC3C4CCC5C(C)(C)[C@@H](O)CCC56CC46CCC23C)O1. The molecule has 0 aromatic heterocycles. The van der Waals surface area contributed by atoms with Crippen molar-refractivity contribution in [3.05, 3.63) is 35.6 Å². The summed E-state index contributed by atoms with van der Waals surface area (Å²) in [7, 11) is 0. The van der Waals surface area contributed by atoms with E-state index in [0.29, 0.717) is 46.7 Å². The highest BCUT2D eigenvalue weighted by molar-refractivity contribution is 5.73. The summed E-state index contributed by atoms with van der Waals surface area (Å²) in [5, 5.41) is 10.9. The molecule has 0 bridgehead atoms. The summed E-state index contributed by atoms with van der Waals surface area (Å²) in [5.74, 6) is 2.56. The van der Waals surface area contributed by atoms with Crippen LogP contribution in [-0.2, 0) is 16.1 Å². The number of aliphatic hydroxyl groups excluding tert-OH is 1. The van der Waals surface area contributed by atoms with Gasteiger partial charge < -0.3 is 14.7 Å². The van der Waals surface area contributed by atoms with Crippen molar-refractivity contribution in [2.45, 2.75) is 117 Å². The molecule has 39 heavy (non-hydrogen) atoms. The zero-order valence-electron chi connectivity index (χ0n) is 24.4. The number of ether oxygens (including phenoxy) is 1. The lowest BCUT2D eigenvalue weighted by atomic mass is 9.46. The zero-order chi connectivity index (χ0) is 27.4. The number of hydrogen-bond donors (Lipinski definition) is 1. The average molecular weight is 538 g/mol. The predicted octanol–water partition coefficient (Wildman–Crippen LogP) is 6.74. The third kappa shape index (κ3) is 3.63. The first-order chi connectivity index (χ1) is 18.5. The lowest BCUT2D eigenvalue weighted by Gasteiger charge is -2.59. The monoisotopic (exact) mass is 537 g/mol. The van der Waals surface area contributed by atoms with Crippen LogP contribution in [0.1, 0.15) is 97.5 Å². The fourth-order valence-corrected chi connectivity index (χ4v) is 11.8. The third-order valence-electron chi connectivity index (χ3n) is 13.8. The Morgan fingerprint density at radius 2 is 1.77 bits per heavy atom. The van der Waals surface area contributed by atoms with E-state index in [9.17, 15) is 14.3 Å². The number of rotatable bonds is 4. The Bertz CT molecular complexity index is 1150. The molecule has 6 aliphatic rings. The number of carbonyl (C=O) groups is 1. The Balaban J connectivity index is 1.07. The van der Waals surface area contributed by atoms with E-state index < -0.39 is 0 Å². The Kier molecular flexibility index (Phi) is 5.95. The molecule has 1 amide bonds. The quantitative estimate of drug-likeness (QED) is 0.463. The summed E-state index contributed by atoms with van der Waals surface area (Å²) in [6.07, 6.45) is 12.4. The molecule has 1 aliphatic heterocycles. The van der Waals surface area contributed by atoms with Crippen molar-refractivity contribution in [3.8, 4) is 0 Å². The molecule has 6 fully saturated rings. The minimum atomic E-state index is -0.251. The maximum Gasteiger partial charge on any atom is 0.219 e. The van der Waals surface area contributed by atoms with E-state index in [4.69, 9.17) is 4.74 Å². The molecular formula is C34H48FNO3. The molecule has 0 radical (unpaired) electrons. The Morgan fingerprint density at radius 3 is 2.54 bits per heavy atom. The molecule has 5 heteroatoms. The molecule has 1 saturated heterocycles. The van der Waals surface area contributed by atoms with Crippen LogP contribution in [-0.4, -0.2) is 40.8 Å². The van der Waals surface area contributed by atoms with E-state index in [2.05, 4.69) is 20.8 Å². The van der Waals surface area contributed by atoms with E-state index in [1.54, 1.807) is 24.0 Å². The van der Waals surface area contributed by atoms with Gasteiger partial charge in [0.15, 0.2) is 0 Å². The molecule has 7 rings (SSSR count). The molecule has 1 N–H and O–H groups in total. The molecule has 1 heterocycles. The molecule has 5 aliphatic carbocycles. The maximum absolute atomic E-state index is 14.3. The van der Waals surface area contributed by atoms with E-state index >= 15 is 0 Å². The van der Waals surface area contributed by atoms with Gasteiger partial charge in [0, 0.05) is 25.6 Å². The van der Waals surface area contributed by atoms with Gasteiger partial charge in [0.05, 0.1) is 18.3 Å². The fraction of sp³-hybridized carbons (Fsp3) is 0.794. The highest BCUT2D eigenvalue weighted by Crippen LogP contribution is 2.87. The molecule has 9 unspecified atom stereocenters. The summed E-state index contributed by atoms with van der Waals surface area (Å²) < 4.78 is 21.2. The minimum absolute atomic E-state index is 0.0192. The first kappa shape index (κ1) is 26.4. The molecule has 1 aromatic rings.